The second-order valence-corrected chi connectivity index (χ2v) is 5.99. The quantitative estimate of drug-likeness (QED) is 0.736. The van der Waals surface area contributed by atoms with E-state index in [-0.39, 0.29) is 0 Å². The molecule has 22 heavy (non-hydrogen) atoms. The Morgan fingerprint density at radius 2 is 1.86 bits per heavy atom. The van der Waals surface area contributed by atoms with Gasteiger partial charge in [-0.15, -0.1) is 0 Å². The summed E-state index contributed by atoms with van der Waals surface area (Å²) in [6.07, 6.45) is 2.32. The maximum Gasteiger partial charge on any atom is 0.118 e. The molecule has 1 aromatic rings. The molecule has 0 amide bonds. The maximum atomic E-state index is 5.22. The van der Waals surface area contributed by atoms with Gasteiger partial charge in [0.2, 0.25) is 0 Å². The van der Waals surface area contributed by atoms with E-state index < -0.39 is 0 Å². The Bertz CT molecular complexity index is 422. The van der Waals surface area contributed by atoms with Gasteiger partial charge in [-0.3, -0.25) is 4.90 Å². The highest BCUT2D eigenvalue weighted by molar-refractivity contribution is 5.27. The van der Waals surface area contributed by atoms with Gasteiger partial charge in [-0.25, -0.2) is 0 Å². The van der Waals surface area contributed by atoms with Gasteiger partial charge in [0.15, 0.2) is 0 Å². The van der Waals surface area contributed by atoms with E-state index in [0.717, 1.165) is 45.0 Å². The first-order valence-electron chi connectivity index (χ1n) is 8.35. The van der Waals surface area contributed by atoms with Crippen LogP contribution in [0, 0.1) is 0 Å². The monoisotopic (exact) mass is 306 g/mol. The minimum Gasteiger partial charge on any atom is -0.497 e. The molecular formula is C18H30N2O2. The second-order valence-electron chi connectivity index (χ2n) is 5.99. The van der Waals surface area contributed by atoms with Crippen molar-refractivity contribution in [1.29, 1.82) is 0 Å². The number of hydrogen-bond donors (Lipinski definition) is 0. The van der Waals surface area contributed by atoms with Crippen LogP contribution >= 0.6 is 0 Å². The molecule has 1 aromatic carbocycles. The molecule has 2 rings (SSSR count). The van der Waals surface area contributed by atoms with Crippen molar-refractivity contribution in [3.8, 4) is 5.75 Å². The highest BCUT2D eigenvalue weighted by Gasteiger charge is 2.24. The molecule has 1 aliphatic heterocycles. The predicted molar refractivity (Wildman–Crippen MR) is 90.7 cm³/mol. The first kappa shape index (κ1) is 17.3. The summed E-state index contributed by atoms with van der Waals surface area (Å²) in [4.78, 5) is 5.18. The van der Waals surface area contributed by atoms with E-state index in [2.05, 4.69) is 28.9 Å². The topological polar surface area (TPSA) is 24.9 Å². The number of hydrogen-bond acceptors (Lipinski definition) is 4. The molecule has 0 radical (unpaired) electrons. The van der Waals surface area contributed by atoms with Gasteiger partial charge >= 0.3 is 0 Å². The fourth-order valence-electron chi connectivity index (χ4n) is 3.13. The predicted octanol–water partition coefficient (Wildman–Crippen LogP) is 2.28. The Hall–Kier alpha value is -1.10. The Kier molecular flexibility index (Phi) is 7.16. The van der Waals surface area contributed by atoms with Gasteiger partial charge < -0.3 is 14.4 Å². The van der Waals surface area contributed by atoms with Crippen LogP contribution in [0.3, 0.4) is 0 Å². The zero-order valence-electron chi connectivity index (χ0n) is 14.3. The molecule has 1 aliphatic rings. The molecular weight excluding hydrogens is 276 g/mol. The molecule has 1 saturated heterocycles. The first-order chi connectivity index (χ1) is 10.8. The molecule has 0 aliphatic carbocycles. The van der Waals surface area contributed by atoms with Crippen LogP contribution in [0.4, 0.5) is 0 Å². The smallest absolute Gasteiger partial charge is 0.118 e. The van der Waals surface area contributed by atoms with Crippen molar-refractivity contribution in [1.82, 2.24) is 9.80 Å². The zero-order chi connectivity index (χ0) is 15.8. The number of ether oxygens (including phenoxy) is 2. The molecule has 4 nitrogen and oxygen atoms in total. The van der Waals surface area contributed by atoms with Crippen molar-refractivity contribution in [2.45, 2.75) is 25.8 Å². The first-order valence-corrected chi connectivity index (χ1v) is 8.35. The third-order valence-corrected chi connectivity index (χ3v) is 4.62. The normalized spacial score (nSPS) is 20.2. The molecule has 0 spiro atoms. The molecule has 1 fully saturated rings. The minimum absolute atomic E-state index is 0.666. The average Bonchev–Trinajstić information content (AvgIpc) is 2.58. The lowest BCUT2D eigenvalue weighted by atomic mass is 10.1. The van der Waals surface area contributed by atoms with Crippen molar-refractivity contribution in [3.63, 3.8) is 0 Å². The lowest BCUT2D eigenvalue weighted by Crippen LogP contribution is -2.53. The molecule has 4 heteroatoms. The van der Waals surface area contributed by atoms with Gasteiger partial charge in [0, 0.05) is 45.9 Å². The molecule has 0 saturated carbocycles. The van der Waals surface area contributed by atoms with E-state index in [9.17, 15) is 0 Å². The standard InChI is InChI=1S/C18H30N2O2/c1-4-17-15-19(11-12-20(17)13-14-21-2)10-9-16-5-7-18(22-3)8-6-16/h5-8,17H,4,9-15H2,1-3H3/t17-/m0/s1. The van der Waals surface area contributed by atoms with E-state index in [4.69, 9.17) is 9.47 Å². The third kappa shape index (κ3) is 4.97. The largest absolute Gasteiger partial charge is 0.497 e. The summed E-state index contributed by atoms with van der Waals surface area (Å²) < 4.78 is 10.4. The molecule has 124 valence electrons. The fourth-order valence-corrected chi connectivity index (χ4v) is 3.13. The van der Waals surface area contributed by atoms with Gasteiger partial charge in [0.1, 0.15) is 5.75 Å². The summed E-state index contributed by atoms with van der Waals surface area (Å²) in [6, 6.07) is 9.11. The maximum absolute atomic E-state index is 5.22. The Balaban J connectivity index is 1.78. The van der Waals surface area contributed by atoms with Crippen LogP contribution in [0.15, 0.2) is 24.3 Å². The molecule has 0 aromatic heterocycles. The SMILES string of the molecule is CC[C@H]1CN(CCc2ccc(OC)cc2)CCN1CCOC. The van der Waals surface area contributed by atoms with Gasteiger partial charge in [-0.2, -0.15) is 0 Å². The number of nitrogens with zero attached hydrogens (tertiary/aromatic N) is 2. The summed E-state index contributed by atoms with van der Waals surface area (Å²) in [5, 5.41) is 0. The second kappa shape index (κ2) is 9.13. The van der Waals surface area contributed by atoms with Crippen LogP contribution in [-0.2, 0) is 11.2 Å². The highest BCUT2D eigenvalue weighted by atomic mass is 16.5. The molecule has 0 bridgehead atoms. The van der Waals surface area contributed by atoms with Gasteiger partial charge in [-0.1, -0.05) is 19.1 Å². The summed E-state index contributed by atoms with van der Waals surface area (Å²) in [5.41, 5.74) is 1.38. The van der Waals surface area contributed by atoms with Crippen LogP contribution in [0.1, 0.15) is 18.9 Å². The lowest BCUT2D eigenvalue weighted by molar-refractivity contribution is 0.0503. The van der Waals surface area contributed by atoms with Gasteiger partial charge in [0.05, 0.1) is 13.7 Å². The van der Waals surface area contributed by atoms with E-state index in [1.54, 1.807) is 14.2 Å². The Labute approximate surface area is 135 Å². The van der Waals surface area contributed by atoms with E-state index in [1.165, 1.54) is 18.5 Å². The van der Waals surface area contributed by atoms with Crippen LogP contribution in [0.2, 0.25) is 0 Å². The zero-order valence-corrected chi connectivity index (χ0v) is 14.3. The highest BCUT2D eigenvalue weighted by Crippen LogP contribution is 2.15. The molecule has 0 unspecified atom stereocenters. The Morgan fingerprint density at radius 3 is 2.50 bits per heavy atom. The summed E-state index contributed by atoms with van der Waals surface area (Å²) >= 11 is 0. The third-order valence-electron chi connectivity index (χ3n) is 4.62. The van der Waals surface area contributed by atoms with E-state index in [1.807, 2.05) is 12.1 Å². The van der Waals surface area contributed by atoms with Crippen molar-refractivity contribution >= 4 is 0 Å². The summed E-state index contributed by atoms with van der Waals surface area (Å²) in [5.74, 6) is 0.932. The van der Waals surface area contributed by atoms with Crippen LogP contribution in [0.5, 0.6) is 5.75 Å². The minimum atomic E-state index is 0.666. The van der Waals surface area contributed by atoms with Crippen LogP contribution in [0.25, 0.3) is 0 Å². The molecule has 0 N–H and O–H groups in total. The van der Waals surface area contributed by atoms with Gasteiger partial charge in [0.25, 0.3) is 0 Å². The van der Waals surface area contributed by atoms with Crippen molar-refractivity contribution in [2.75, 3.05) is 53.6 Å². The number of piperazine rings is 1. The Morgan fingerprint density at radius 1 is 1.09 bits per heavy atom. The fraction of sp³-hybridized carbons (Fsp3) is 0.667. The van der Waals surface area contributed by atoms with Crippen molar-refractivity contribution < 1.29 is 9.47 Å². The number of rotatable bonds is 8. The van der Waals surface area contributed by atoms with E-state index in [0.29, 0.717) is 6.04 Å². The summed E-state index contributed by atoms with van der Waals surface area (Å²) in [6.45, 7) is 8.82. The van der Waals surface area contributed by atoms with Crippen LogP contribution < -0.4 is 4.74 Å². The van der Waals surface area contributed by atoms with Crippen molar-refractivity contribution in [2.24, 2.45) is 0 Å². The molecule has 1 atom stereocenters. The molecule has 1 heterocycles. The average molecular weight is 306 g/mol. The number of methoxy groups -OCH3 is 2. The van der Waals surface area contributed by atoms with Gasteiger partial charge in [-0.05, 0) is 30.5 Å². The lowest BCUT2D eigenvalue weighted by Gasteiger charge is -2.41. The summed E-state index contributed by atoms with van der Waals surface area (Å²) in [7, 11) is 3.50. The number of benzene rings is 1. The van der Waals surface area contributed by atoms with Crippen LogP contribution in [-0.4, -0.2) is 69.4 Å². The van der Waals surface area contributed by atoms with E-state index >= 15 is 0 Å². The van der Waals surface area contributed by atoms with Crippen molar-refractivity contribution in [3.05, 3.63) is 29.8 Å².